The lowest BCUT2D eigenvalue weighted by Crippen LogP contribution is -2.51. The standard InChI is InChI=1S/C15H22N2O.ClH/c1-3-4-5-12-6-8-14(9-7-12)17(2)15(18)13-10-16-11-13;/h6-9,13,16H,3-5,10-11H2,1-2H3;1H. The van der Waals surface area contributed by atoms with E-state index in [0.29, 0.717) is 0 Å². The number of carbonyl (C=O) groups is 1. The van der Waals surface area contributed by atoms with Crippen LogP contribution in [0.1, 0.15) is 25.3 Å². The van der Waals surface area contributed by atoms with Gasteiger partial charge in [0.05, 0.1) is 5.92 Å². The van der Waals surface area contributed by atoms with Crippen LogP contribution in [0.3, 0.4) is 0 Å². The SMILES string of the molecule is CCCCc1ccc(N(C)C(=O)C2CNC2)cc1.Cl. The molecule has 1 N–H and O–H groups in total. The molecule has 0 bridgehead atoms. The molecule has 0 atom stereocenters. The average Bonchev–Trinajstić information content (AvgIpc) is 2.34. The molecule has 0 unspecified atom stereocenters. The van der Waals surface area contributed by atoms with Gasteiger partial charge in [-0.05, 0) is 30.5 Å². The number of aryl methyl sites for hydroxylation is 1. The third kappa shape index (κ3) is 3.95. The second-order valence-electron chi connectivity index (χ2n) is 5.02. The van der Waals surface area contributed by atoms with Crippen LogP contribution in [-0.4, -0.2) is 26.0 Å². The highest BCUT2D eigenvalue weighted by atomic mass is 35.5. The molecule has 1 heterocycles. The summed E-state index contributed by atoms with van der Waals surface area (Å²) in [4.78, 5) is 13.8. The Labute approximate surface area is 121 Å². The Morgan fingerprint density at radius 2 is 1.95 bits per heavy atom. The predicted octanol–water partition coefficient (Wildman–Crippen LogP) is 2.63. The predicted molar refractivity (Wildman–Crippen MR) is 82.1 cm³/mol. The van der Waals surface area contributed by atoms with Crippen molar-refractivity contribution in [3.63, 3.8) is 0 Å². The van der Waals surface area contributed by atoms with Gasteiger partial charge in [0.15, 0.2) is 0 Å². The minimum atomic E-state index is 0. The van der Waals surface area contributed by atoms with E-state index in [0.717, 1.165) is 25.2 Å². The molecule has 3 nitrogen and oxygen atoms in total. The van der Waals surface area contributed by atoms with Gasteiger partial charge < -0.3 is 10.2 Å². The van der Waals surface area contributed by atoms with Crippen LogP contribution >= 0.6 is 12.4 Å². The van der Waals surface area contributed by atoms with E-state index in [4.69, 9.17) is 0 Å². The highest BCUT2D eigenvalue weighted by Crippen LogP contribution is 2.18. The van der Waals surface area contributed by atoms with Crippen molar-refractivity contribution in [2.45, 2.75) is 26.2 Å². The van der Waals surface area contributed by atoms with Crippen LogP contribution in [-0.2, 0) is 11.2 Å². The van der Waals surface area contributed by atoms with Crippen LogP contribution in [0.25, 0.3) is 0 Å². The molecule has 1 aliphatic heterocycles. The summed E-state index contributed by atoms with van der Waals surface area (Å²) in [6, 6.07) is 8.37. The van der Waals surface area contributed by atoms with Gasteiger partial charge in [-0.2, -0.15) is 0 Å². The molecule has 1 amide bonds. The van der Waals surface area contributed by atoms with E-state index < -0.39 is 0 Å². The zero-order chi connectivity index (χ0) is 13.0. The van der Waals surface area contributed by atoms with E-state index >= 15 is 0 Å². The lowest BCUT2D eigenvalue weighted by molar-refractivity contribution is -0.123. The summed E-state index contributed by atoms with van der Waals surface area (Å²) in [6.45, 7) is 3.84. The third-order valence-electron chi connectivity index (χ3n) is 3.60. The first kappa shape index (κ1) is 16.0. The van der Waals surface area contributed by atoms with Crippen molar-refractivity contribution in [2.75, 3.05) is 25.0 Å². The molecule has 19 heavy (non-hydrogen) atoms. The number of nitrogens with one attached hydrogen (secondary N) is 1. The molecule has 0 aromatic heterocycles. The normalized spacial score (nSPS) is 14.4. The number of carbonyl (C=O) groups excluding carboxylic acids is 1. The molecule has 1 aliphatic rings. The molecule has 0 radical (unpaired) electrons. The van der Waals surface area contributed by atoms with Gasteiger partial charge in [0.2, 0.25) is 5.91 Å². The first-order valence-electron chi connectivity index (χ1n) is 6.79. The van der Waals surface area contributed by atoms with Crippen molar-refractivity contribution in [1.82, 2.24) is 5.32 Å². The Kier molecular flexibility index (Phi) is 6.32. The largest absolute Gasteiger partial charge is 0.315 e. The summed E-state index contributed by atoms with van der Waals surface area (Å²) in [7, 11) is 1.86. The second kappa shape index (κ2) is 7.51. The number of nitrogens with zero attached hydrogens (tertiary/aromatic N) is 1. The summed E-state index contributed by atoms with van der Waals surface area (Å²) in [5.41, 5.74) is 2.35. The Bertz CT molecular complexity index is 401. The smallest absolute Gasteiger partial charge is 0.232 e. The van der Waals surface area contributed by atoms with Gasteiger partial charge in [-0.1, -0.05) is 25.5 Å². The van der Waals surface area contributed by atoms with E-state index in [1.807, 2.05) is 7.05 Å². The first-order valence-corrected chi connectivity index (χ1v) is 6.79. The number of hydrogen-bond donors (Lipinski definition) is 1. The molecule has 0 saturated carbocycles. The van der Waals surface area contributed by atoms with Gasteiger partial charge in [-0.3, -0.25) is 4.79 Å². The monoisotopic (exact) mass is 282 g/mol. The van der Waals surface area contributed by atoms with Crippen molar-refractivity contribution in [2.24, 2.45) is 5.92 Å². The molecule has 1 aromatic carbocycles. The van der Waals surface area contributed by atoms with Crippen LogP contribution in [0.2, 0.25) is 0 Å². The number of rotatable bonds is 5. The quantitative estimate of drug-likeness (QED) is 0.900. The Morgan fingerprint density at radius 1 is 1.32 bits per heavy atom. The molecule has 4 heteroatoms. The average molecular weight is 283 g/mol. The van der Waals surface area contributed by atoms with Crippen molar-refractivity contribution in [1.29, 1.82) is 0 Å². The fraction of sp³-hybridized carbons (Fsp3) is 0.533. The van der Waals surface area contributed by atoms with Crippen molar-refractivity contribution in [3.05, 3.63) is 29.8 Å². The second-order valence-corrected chi connectivity index (χ2v) is 5.02. The van der Waals surface area contributed by atoms with E-state index in [1.54, 1.807) is 4.90 Å². The molecule has 1 saturated heterocycles. The van der Waals surface area contributed by atoms with Crippen molar-refractivity contribution in [3.8, 4) is 0 Å². The van der Waals surface area contributed by atoms with Crippen LogP contribution in [0.4, 0.5) is 5.69 Å². The summed E-state index contributed by atoms with van der Waals surface area (Å²) in [5.74, 6) is 0.379. The van der Waals surface area contributed by atoms with Crippen LogP contribution in [0.5, 0.6) is 0 Å². The Morgan fingerprint density at radius 3 is 2.42 bits per heavy atom. The minimum absolute atomic E-state index is 0. The lowest BCUT2D eigenvalue weighted by atomic mass is 10.0. The molecule has 2 rings (SSSR count). The molecular formula is C15H23ClN2O. The van der Waals surface area contributed by atoms with Crippen molar-refractivity contribution < 1.29 is 4.79 Å². The number of hydrogen-bond acceptors (Lipinski definition) is 2. The molecule has 0 aliphatic carbocycles. The van der Waals surface area contributed by atoms with E-state index in [9.17, 15) is 4.79 Å². The molecule has 1 fully saturated rings. The van der Waals surface area contributed by atoms with Gasteiger partial charge in [0.1, 0.15) is 0 Å². The van der Waals surface area contributed by atoms with Crippen molar-refractivity contribution >= 4 is 24.0 Å². The first-order chi connectivity index (χ1) is 8.72. The zero-order valence-electron chi connectivity index (χ0n) is 11.7. The number of unbranched alkanes of at least 4 members (excludes halogenated alkanes) is 1. The summed E-state index contributed by atoms with van der Waals surface area (Å²) >= 11 is 0. The molecule has 0 spiro atoms. The zero-order valence-corrected chi connectivity index (χ0v) is 12.5. The lowest BCUT2D eigenvalue weighted by Gasteiger charge is -2.30. The maximum Gasteiger partial charge on any atom is 0.232 e. The number of anilines is 1. The van der Waals surface area contributed by atoms with Gasteiger partial charge in [0.25, 0.3) is 0 Å². The number of halogens is 1. The Hall–Kier alpha value is -1.06. The number of amides is 1. The number of benzene rings is 1. The fourth-order valence-electron chi connectivity index (χ4n) is 2.13. The maximum atomic E-state index is 12.1. The molecule has 106 valence electrons. The summed E-state index contributed by atoms with van der Waals surface area (Å²) in [6.07, 6.45) is 3.57. The van der Waals surface area contributed by atoms with Crippen LogP contribution < -0.4 is 10.2 Å². The highest BCUT2D eigenvalue weighted by molar-refractivity contribution is 5.95. The van der Waals surface area contributed by atoms with Crippen LogP contribution in [0.15, 0.2) is 24.3 Å². The van der Waals surface area contributed by atoms with Gasteiger partial charge in [-0.15, -0.1) is 12.4 Å². The van der Waals surface area contributed by atoms with Gasteiger partial charge >= 0.3 is 0 Å². The van der Waals surface area contributed by atoms with E-state index in [1.165, 1.54) is 18.4 Å². The Balaban J connectivity index is 0.00000180. The molecule has 1 aromatic rings. The minimum Gasteiger partial charge on any atom is -0.315 e. The molecular weight excluding hydrogens is 260 g/mol. The third-order valence-corrected chi connectivity index (χ3v) is 3.60. The van der Waals surface area contributed by atoms with E-state index in [2.05, 4.69) is 36.5 Å². The summed E-state index contributed by atoms with van der Waals surface area (Å²) in [5, 5.41) is 3.13. The topological polar surface area (TPSA) is 32.3 Å². The van der Waals surface area contributed by atoms with Gasteiger partial charge in [0, 0.05) is 25.8 Å². The summed E-state index contributed by atoms with van der Waals surface area (Å²) < 4.78 is 0. The maximum absolute atomic E-state index is 12.1. The fourth-order valence-corrected chi connectivity index (χ4v) is 2.13. The van der Waals surface area contributed by atoms with Gasteiger partial charge in [-0.25, -0.2) is 0 Å². The van der Waals surface area contributed by atoms with Crippen LogP contribution in [0, 0.1) is 5.92 Å². The highest BCUT2D eigenvalue weighted by Gasteiger charge is 2.27. The van der Waals surface area contributed by atoms with E-state index in [-0.39, 0.29) is 24.2 Å².